The van der Waals surface area contributed by atoms with Crippen LogP contribution in [-0.2, 0) is 14.4 Å². The molecule has 0 heterocycles. The summed E-state index contributed by atoms with van der Waals surface area (Å²) >= 11 is 0. The van der Waals surface area contributed by atoms with E-state index in [0.717, 1.165) is 25.7 Å². The summed E-state index contributed by atoms with van der Waals surface area (Å²) in [4.78, 5) is 32.7. The molecule has 0 unspecified atom stereocenters. The highest BCUT2D eigenvalue weighted by Gasteiger charge is 2.28. The summed E-state index contributed by atoms with van der Waals surface area (Å²) in [6, 6.07) is 0. The van der Waals surface area contributed by atoms with Crippen LogP contribution in [0.4, 0.5) is 0 Å². The lowest BCUT2D eigenvalue weighted by Crippen LogP contribution is -2.51. The second-order valence-corrected chi connectivity index (χ2v) is 6.09. The Morgan fingerprint density at radius 2 is 1.25 bits per heavy atom. The Kier molecular flexibility index (Phi) is 11.5. The Morgan fingerprint density at radius 3 is 1.62 bits per heavy atom. The number of hydrogen-bond acceptors (Lipinski definition) is 3. The van der Waals surface area contributed by atoms with Crippen LogP contribution in [-0.4, -0.2) is 63.9 Å². The van der Waals surface area contributed by atoms with Crippen molar-refractivity contribution >= 4 is 17.9 Å². The van der Waals surface area contributed by atoms with Gasteiger partial charge >= 0.3 is 17.9 Å². The second-order valence-electron chi connectivity index (χ2n) is 6.09. The van der Waals surface area contributed by atoms with Crippen LogP contribution in [0.5, 0.6) is 0 Å². The van der Waals surface area contributed by atoms with Crippen LogP contribution in [0.2, 0.25) is 0 Å². The van der Waals surface area contributed by atoms with E-state index in [9.17, 15) is 14.4 Å². The number of quaternary nitrogens is 1. The smallest absolute Gasteiger partial charge is 0.309 e. The summed E-state index contributed by atoms with van der Waals surface area (Å²) in [5, 5.41) is 26.8. The number of carboxylic acid groups (broad SMARTS) is 3. The minimum absolute atomic E-state index is 0.108. The molecular weight excluding hydrogens is 314 g/mol. The molecule has 7 heteroatoms. The maximum absolute atomic E-state index is 10.9. The van der Waals surface area contributed by atoms with Gasteiger partial charge in [0.05, 0.1) is 45.4 Å². The molecule has 0 aromatic rings. The maximum atomic E-state index is 10.9. The van der Waals surface area contributed by atoms with Crippen LogP contribution < -0.4 is 0 Å². The number of allylic oxidation sites excluding steroid dienone is 1. The van der Waals surface area contributed by atoms with Gasteiger partial charge in [0.25, 0.3) is 0 Å². The third-order valence-corrected chi connectivity index (χ3v) is 4.03. The lowest BCUT2D eigenvalue weighted by atomic mass is 10.1. The molecule has 0 amide bonds. The van der Waals surface area contributed by atoms with Gasteiger partial charge in [0.1, 0.15) is 0 Å². The Bertz CT molecular complexity index is 387. The van der Waals surface area contributed by atoms with Crippen molar-refractivity contribution < 1.29 is 34.2 Å². The van der Waals surface area contributed by atoms with E-state index in [4.69, 9.17) is 15.3 Å². The van der Waals surface area contributed by atoms with Crippen molar-refractivity contribution in [3.8, 4) is 0 Å². The van der Waals surface area contributed by atoms with Gasteiger partial charge in [0, 0.05) is 0 Å². The molecule has 0 atom stereocenters. The Labute approximate surface area is 143 Å². The van der Waals surface area contributed by atoms with Crippen molar-refractivity contribution in [3.63, 3.8) is 0 Å². The summed E-state index contributed by atoms with van der Waals surface area (Å²) in [5.74, 6) is -2.89. The SMILES string of the molecule is CCCCC/C=C/C[N+](CCC(=O)O)(CCC(=O)O)CCC(=O)O. The first-order chi connectivity index (χ1) is 11.3. The van der Waals surface area contributed by atoms with Gasteiger partial charge < -0.3 is 19.8 Å². The molecule has 0 rings (SSSR count). The topological polar surface area (TPSA) is 112 Å². The van der Waals surface area contributed by atoms with Crippen molar-refractivity contribution in [2.45, 2.75) is 51.9 Å². The molecule has 0 aromatic carbocycles. The monoisotopic (exact) mass is 344 g/mol. The number of nitrogens with zero attached hydrogens (tertiary/aromatic N) is 1. The highest BCUT2D eigenvalue weighted by atomic mass is 16.4. The molecule has 0 fully saturated rings. The third-order valence-electron chi connectivity index (χ3n) is 4.03. The van der Waals surface area contributed by atoms with Gasteiger partial charge in [-0.1, -0.05) is 25.8 Å². The predicted octanol–water partition coefficient (Wildman–Crippen LogP) is 2.36. The zero-order valence-corrected chi connectivity index (χ0v) is 14.4. The molecule has 7 nitrogen and oxygen atoms in total. The molecule has 138 valence electrons. The molecule has 0 aliphatic heterocycles. The van der Waals surface area contributed by atoms with E-state index in [-0.39, 0.29) is 43.4 Å². The average molecular weight is 344 g/mol. The number of unbranched alkanes of at least 4 members (excludes halogenated alkanes) is 3. The van der Waals surface area contributed by atoms with Gasteiger partial charge in [0.2, 0.25) is 0 Å². The van der Waals surface area contributed by atoms with E-state index in [0.29, 0.717) is 6.54 Å². The largest absolute Gasteiger partial charge is 0.481 e. The molecule has 3 N–H and O–H groups in total. The lowest BCUT2D eigenvalue weighted by molar-refractivity contribution is -0.921. The van der Waals surface area contributed by atoms with Crippen LogP contribution in [0.25, 0.3) is 0 Å². The molecule has 0 aliphatic carbocycles. The fraction of sp³-hybridized carbons (Fsp3) is 0.706. The summed E-state index contributed by atoms with van der Waals surface area (Å²) in [6.07, 6.45) is 7.89. The van der Waals surface area contributed by atoms with E-state index in [1.165, 1.54) is 0 Å². The Balaban J connectivity index is 4.94. The van der Waals surface area contributed by atoms with Crippen molar-refractivity contribution in [1.29, 1.82) is 0 Å². The molecule has 24 heavy (non-hydrogen) atoms. The second kappa shape index (κ2) is 12.5. The number of carboxylic acids is 3. The van der Waals surface area contributed by atoms with Gasteiger partial charge in [-0.15, -0.1) is 0 Å². The molecule has 0 bridgehead atoms. The zero-order chi connectivity index (χ0) is 18.4. The first-order valence-electron chi connectivity index (χ1n) is 8.47. The fourth-order valence-electron chi connectivity index (χ4n) is 2.54. The standard InChI is InChI=1S/C17H29NO6/c1-2-3-4-5-6-7-11-18(12-8-15(19)20,13-9-16(21)22)14-10-17(23)24/h6-7H,2-5,8-14H2,1H3,(H2-,19,20,21,22,23,24)/p+1/b7-6+. The third kappa shape index (κ3) is 11.6. The van der Waals surface area contributed by atoms with Gasteiger partial charge in [-0.3, -0.25) is 14.4 Å². The molecule has 0 saturated heterocycles. The molecule has 0 spiro atoms. The number of aliphatic carboxylic acids is 3. The summed E-state index contributed by atoms with van der Waals surface area (Å²) in [5.41, 5.74) is 0. The van der Waals surface area contributed by atoms with Gasteiger partial charge in [-0.25, -0.2) is 0 Å². The van der Waals surface area contributed by atoms with Gasteiger partial charge in [0.15, 0.2) is 0 Å². The number of hydrogen-bond donors (Lipinski definition) is 3. The fourth-order valence-corrected chi connectivity index (χ4v) is 2.54. The molecule has 0 aromatic heterocycles. The average Bonchev–Trinajstić information content (AvgIpc) is 2.51. The van der Waals surface area contributed by atoms with E-state index >= 15 is 0 Å². The van der Waals surface area contributed by atoms with Crippen molar-refractivity contribution in [2.24, 2.45) is 0 Å². The summed E-state index contributed by atoms with van der Waals surface area (Å²) in [6.45, 7) is 3.27. The van der Waals surface area contributed by atoms with E-state index in [2.05, 4.69) is 6.92 Å². The lowest BCUT2D eigenvalue weighted by Gasteiger charge is -2.37. The van der Waals surface area contributed by atoms with Crippen molar-refractivity contribution in [3.05, 3.63) is 12.2 Å². The molecule has 0 saturated carbocycles. The zero-order valence-electron chi connectivity index (χ0n) is 14.4. The normalized spacial score (nSPS) is 11.7. The summed E-state index contributed by atoms with van der Waals surface area (Å²) in [7, 11) is 0. The van der Waals surface area contributed by atoms with E-state index < -0.39 is 17.9 Å². The van der Waals surface area contributed by atoms with Crippen molar-refractivity contribution in [1.82, 2.24) is 0 Å². The van der Waals surface area contributed by atoms with Crippen LogP contribution in [0.3, 0.4) is 0 Å². The van der Waals surface area contributed by atoms with Crippen LogP contribution in [0, 0.1) is 0 Å². The number of rotatable bonds is 15. The van der Waals surface area contributed by atoms with Crippen LogP contribution >= 0.6 is 0 Å². The van der Waals surface area contributed by atoms with Crippen LogP contribution in [0.15, 0.2) is 12.2 Å². The van der Waals surface area contributed by atoms with Gasteiger partial charge in [-0.05, 0) is 18.9 Å². The van der Waals surface area contributed by atoms with Gasteiger partial charge in [-0.2, -0.15) is 0 Å². The quantitative estimate of drug-likeness (QED) is 0.239. The summed E-state index contributed by atoms with van der Waals surface area (Å²) < 4.78 is 0.176. The van der Waals surface area contributed by atoms with Crippen LogP contribution in [0.1, 0.15) is 51.9 Å². The highest BCUT2D eigenvalue weighted by Crippen LogP contribution is 2.13. The van der Waals surface area contributed by atoms with E-state index in [1.54, 1.807) is 0 Å². The van der Waals surface area contributed by atoms with E-state index in [1.807, 2.05) is 12.2 Å². The number of carbonyl (C=O) groups is 3. The minimum Gasteiger partial charge on any atom is -0.481 e. The maximum Gasteiger partial charge on any atom is 0.309 e. The molecular formula is C17H30NO6+. The molecule has 0 aliphatic rings. The Hall–Kier alpha value is -1.89. The highest BCUT2D eigenvalue weighted by molar-refractivity contribution is 5.67. The first-order valence-corrected chi connectivity index (χ1v) is 8.47. The first kappa shape index (κ1) is 22.1. The van der Waals surface area contributed by atoms with Crippen molar-refractivity contribution in [2.75, 3.05) is 26.2 Å². The molecule has 0 radical (unpaired) electrons. The minimum atomic E-state index is -0.963. The Morgan fingerprint density at radius 1 is 0.792 bits per heavy atom. The predicted molar refractivity (Wildman–Crippen MR) is 89.8 cm³/mol.